The predicted octanol–water partition coefficient (Wildman–Crippen LogP) is 1.97. The minimum absolute atomic E-state index is 0.141. The Morgan fingerprint density at radius 3 is 2.57 bits per heavy atom. The molecule has 3 amide bonds. The van der Waals surface area contributed by atoms with Gasteiger partial charge in [0.15, 0.2) is 0 Å². The van der Waals surface area contributed by atoms with Crippen LogP contribution in [0.25, 0.3) is 0 Å². The molecular formula is C32H41N3O7. The van der Waals surface area contributed by atoms with Gasteiger partial charge in [0.25, 0.3) is 0 Å². The van der Waals surface area contributed by atoms with Crippen molar-refractivity contribution in [1.82, 2.24) is 15.1 Å². The first-order valence-corrected chi connectivity index (χ1v) is 14.9. The predicted molar refractivity (Wildman–Crippen MR) is 153 cm³/mol. The van der Waals surface area contributed by atoms with Crippen molar-refractivity contribution in [2.24, 2.45) is 17.8 Å². The number of amides is 3. The molecule has 4 aliphatic heterocycles. The first-order chi connectivity index (χ1) is 20.2. The van der Waals surface area contributed by atoms with Crippen LogP contribution in [0.15, 0.2) is 54.6 Å². The van der Waals surface area contributed by atoms with Gasteiger partial charge in [-0.15, -0.1) is 0 Å². The Labute approximate surface area is 246 Å². The summed E-state index contributed by atoms with van der Waals surface area (Å²) in [6, 6.07) is 7.87. The molecule has 42 heavy (non-hydrogen) atoms. The molecule has 0 aromatic heterocycles. The maximum atomic E-state index is 14.7. The maximum absolute atomic E-state index is 14.7. The summed E-state index contributed by atoms with van der Waals surface area (Å²) in [5.74, 6) is -3.26. The van der Waals surface area contributed by atoms with Crippen molar-refractivity contribution >= 4 is 23.7 Å². The lowest BCUT2D eigenvalue weighted by Gasteiger charge is -2.39. The van der Waals surface area contributed by atoms with E-state index in [9.17, 15) is 24.3 Å². The molecule has 7 atom stereocenters. The van der Waals surface area contributed by atoms with E-state index in [1.807, 2.05) is 56.3 Å². The third-order valence-electron chi connectivity index (χ3n) is 8.63. The van der Waals surface area contributed by atoms with E-state index in [0.29, 0.717) is 12.8 Å². The fraction of sp³-hybridized carbons (Fsp3) is 0.562. The third-order valence-corrected chi connectivity index (χ3v) is 8.63. The maximum Gasteiger partial charge on any atom is 0.313 e. The molecule has 2 fully saturated rings. The van der Waals surface area contributed by atoms with Gasteiger partial charge in [0.05, 0.1) is 31.2 Å². The summed E-state index contributed by atoms with van der Waals surface area (Å²) in [4.78, 5) is 58.1. The second-order valence-electron chi connectivity index (χ2n) is 12.2. The quantitative estimate of drug-likeness (QED) is 0.390. The molecule has 0 saturated carbocycles. The molecule has 1 aromatic rings. The molecule has 0 aliphatic carbocycles. The first-order valence-electron chi connectivity index (χ1n) is 14.9. The van der Waals surface area contributed by atoms with E-state index in [-0.39, 0.29) is 56.3 Å². The van der Waals surface area contributed by atoms with Crippen molar-refractivity contribution in [2.45, 2.75) is 76.5 Å². The van der Waals surface area contributed by atoms with Crippen LogP contribution in [0.3, 0.4) is 0 Å². The normalized spacial score (nSPS) is 33.1. The SMILES string of the molecule is CC(C)C[C@H](CO)N1C(=O)[C@@H]2[C@H]3C(=O)O[C@@H](C)CNC(=O)CC/C=C\CN(Cc4ccccc4)C(=O)[C@@H]1[C@]21C=C[C@H]3O1. The van der Waals surface area contributed by atoms with Gasteiger partial charge < -0.3 is 29.7 Å². The van der Waals surface area contributed by atoms with Crippen LogP contribution in [0.2, 0.25) is 0 Å². The Bertz CT molecular complexity index is 1250. The highest BCUT2D eigenvalue weighted by Crippen LogP contribution is 2.56. The van der Waals surface area contributed by atoms with Gasteiger partial charge in [0, 0.05) is 19.5 Å². The monoisotopic (exact) mass is 579 g/mol. The number of benzene rings is 1. The van der Waals surface area contributed by atoms with Gasteiger partial charge in [0.2, 0.25) is 17.7 Å². The molecule has 1 aromatic carbocycles. The molecule has 2 saturated heterocycles. The van der Waals surface area contributed by atoms with Crippen molar-refractivity contribution in [2.75, 3.05) is 19.7 Å². The van der Waals surface area contributed by atoms with Gasteiger partial charge in [-0.3, -0.25) is 19.2 Å². The molecule has 0 radical (unpaired) electrons. The zero-order valence-electron chi connectivity index (χ0n) is 24.5. The number of carbonyl (C=O) groups excluding carboxylic acids is 4. The minimum atomic E-state index is -1.36. The highest BCUT2D eigenvalue weighted by molar-refractivity contribution is 5.99. The van der Waals surface area contributed by atoms with E-state index in [1.165, 1.54) is 4.90 Å². The average Bonchev–Trinajstić information content (AvgIpc) is 3.61. The summed E-state index contributed by atoms with van der Waals surface area (Å²) < 4.78 is 12.2. The lowest BCUT2D eigenvalue weighted by molar-refractivity contribution is -0.159. The molecule has 4 aliphatic rings. The number of esters is 1. The summed E-state index contributed by atoms with van der Waals surface area (Å²) in [5, 5.41) is 13.3. The van der Waals surface area contributed by atoms with E-state index in [0.717, 1.165) is 5.56 Å². The number of hydrogen-bond acceptors (Lipinski definition) is 7. The molecule has 2 N–H and O–H groups in total. The number of aliphatic hydroxyl groups is 1. The highest BCUT2D eigenvalue weighted by Gasteiger charge is 2.74. The summed E-state index contributed by atoms with van der Waals surface area (Å²) in [7, 11) is 0. The minimum Gasteiger partial charge on any atom is -0.460 e. The van der Waals surface area contributed by atoms with Crippen molar-refractivity contribution < 1.29 is 33.8 Å². The zero-order valence-corrected chi connectivity index (χ0v) is 24.5. The van der Waals surface area contributed by atoms with E-state index in [1.54, 1.807) is 24.0 Å². The standard InChI is InChI=1S/C32H41N3O7/c1-20(2)16-23(19-36)35-28-30(39)34(18-22-10-6-4-7-11-22)15-9-5-8-12-25(37)33-17-21(3)41-31(40)26-24-13-14-32(28,42-24)27(26)29(35)38/h4-7,9-11,13-14,20-21,23-24,26-28,36H,8,12,15-19H2,1-3H3,(H,33,37)/b9-5-/t21-,23+,24+,26-,27-,28+,32-/m0/s1. The Kier molecular flexibility index (Phi) is 8.84. The van der Waals surface area contributed by atoms with Gasteiger partial charge in [-0.05, 0) is 31.2 Å². The van der Waals surface area contributed by atoms with Crippen LogP contribution >= 0.6 is 0 Å². The molecule has 226 valence electrons. The summed E-state index contributed by atoms with van der Waals surface area (Å²) >= 11 is 0. The van der Waals surface area contributed by atoms with Gasteiger partial charge in [-0.25, -0.2) is 0 Å². The van der Waals surface area contributed by atoms with Crippen LogP contribution in [0.1, 0.15) is 45.6 Å². The first kappa shape index (κ1) is 30.0. The number of nitrogens with one attached hydrogen (secondary N) is 1. The number of hydrogen-bond donors (Lipinski definition) is 2. The lowest BCUT2D eigenvalue weighted by atomic mass is 9.74. The number of rotatable bonds is 6. The largest absolute Gasteiger partial charge is 0.460 e. The number of allylic oxidation sites excluding steroid dienone is 1. The van der Waals surface area contributed by atoms with Gasteiger partial charge in [-0.2, -0.15) is 0 Å². The van der Waals surface area contributed by atoms with Crippen molar-refractivity contribution in [3.8, 4) is 0 Å². The van der Waals surface area contributed by atoms with Crippen LogP contribution in [-0.4, -0.2) is 88.2 Å². The fourth-order valence-corrected chi connectivity index (χ4v) is 6.78. The van der Waals surface area contributed by atoms with E-state index < -0.39 is 47.7 Å². The van der Waals surface area contributed by atoms with Gasteiger partial charge in [0.1, 0.15) is 23.7 Å². The fourth-order valence-electron chi connectivity index (χ4n) is 6.78. The number of cyclic esters (lactones) is 1. The molecule has 5 bridgehead atoms. The van der Waals surface area contributed by atoms with E-state index in [2.05, 4.69) is 5.32 Å². The van der Waals surface area contributed by atoms with Crippen molar-refractivity contribution in [3.63, 3.8) is 0 Å². The smallest absolute Gasteiger partial charge is 0.313 e. The molecule has 5 rings (SSSR count). The number of carbonyl (C=O) groups is 4. The Morgan fingerprint density at radius 2 is 1.86 bits per heavy atom. The summed E-state index contributed by atoms with van der Waals surface area (Å²) in [5.41, 5.74) is -0.449. The number of likely N-dealkylation sites (tertiary alicyclic amines) is 1. The number of ether oxygens (including phenoxy) is 2. The lowest BCUT2D eigenvalue weighted by Crippen LogP contribution is -2.58. The Hall–Kier alpha value is -3.50. The highest BCUT2D eigenvalue weighted by atomic mass is 16.6. The number of aliphatic hydroxyl groups excluding tert-OH is 1. The third kappa shape index (κ3) is 5.62. The zero-order chi connectivity index (χ0) is 30.0. The number of nitrogens with zero attached hydrogens (tertiary/aromatic N) is 2. The molecule has 10 nitrogen and oxygen atoms in total. The summed E-state index contributed by atoms with van der Waals surface area (Å²) in [6.45, 7) is 6.04. The van der Waals surface area contributed by atoms with E-state index >= 15 is 0 Å². The Morgan fingerprint density at radius 1 is 1.10 bits per heavy atom. The average molecular weight is 580 g/mol. The molecule has 10 heteroatoms. The van der Waals surface area contributed by atoms with Crippen LogP contribution < -0.4 is 5.32 Å². The van der Waals surface area contributed by atoms with Crippen LogP contribution in [0.4, 0.5) is 0 Å². The Balaban J connectivity index is 1.59. The number of fused-ring (bicyclic) bond motifs is 2. The van der Waals surface area contributed by atoms with E-state index in [4.69, 9.17) is 9.47 Å². The molecule has 1 spiro atoms. The van der Waals surface area contributed by atoms with Crippen LogP contribution in [0.5, 0.6) is 0 Å². The molecule has 0 unspecified atom stereocenters. The van der Waals surface area contributed by atoms with Gasteiger partial charge in [-0.1, -0.05) is 68.5 Å². The topological polar surface area (TPSA) is 125 Å². The van der Waals surface area contributed by atoms with Crippen molar-refractivity contribution in [3.05, 3.63) is 60.2 Å². The van der Waals surface area contributed by atoms with Gasteiger partial charge >= 0.3 is 5.97 Å². The van der Waals surface area contributed by atoms with Crippen molar-refractivity contribution in [1.29, 1.82) is 0 Å². The van der Waals surface area contributed by atoms with Crippen LogP contribution in [0, 0.1) is 17.8 Å². The molecular weight excluding hydrogens is 538 g/mol. The second-order valence-corrected chi connectivity index (χ2v) is 12.2. The summed E-state index contributed by atoms with van der Waals surface area (Å²) in [6.07, 6.45) is 7.12. The molecule has 4 heterocycles. The van der Waals surface area contributed by atoms with Crippen LogP contribution in [-0.2, 0) is 35.2 Å². The second kappa shape index (κ2) is 12.4.